The Morgan fingerprint density at radius 3 is 2.44 bits per heavy atom. The maximum Gasteiger partial charge on any atom is 0.259 e. The lowest BCUT2D eigenvalue weighted by Crippen LogP contribution is -2.46. The summed E-state index contributed by atoms with van der Waals surface area (Å²) in [5.41, 5.74) is 0.292. The zero-order chi connectivity index (χ0) is 11.7. The van der Waals surface area contributed by atoms with Gasteiger partial charge in [-0.25, -0.2) is 4.90 Å². The van der Waals surface area contributed by atoms with Crippen molar-refractivity contribution in [3.63, 3.8) is 0 Å². The number of hydrogen-bond acceptors (Lipinski definition) is 4. The van der Waals surface area contributed by atoms with E-state index < -0.39 is 11.8 Å². The Labute approximate surface area is 96.2 Å². The summed E-state index contributed by atoms with van der Waals surface area (Å²) in [6.07, 6.45) is 0. The van der Waals surface area contributed by atoms with Crippen molar-refractivity contribution in [3.8, 4) is 5.75 Å². The van der Waals surface area contributed by atoms with Gasteiger partial charge < -0.3 is 9.84 Å². The van der Waals surface area contributed by atoms with Gasteiger partial charge in [0, 0.05) is 6.07 Å². The molecule has 1 aromatic carbocycles. The number of imide groups is 1. The standard InChI is InChI=1S/C10H8ClNO4/c11-7-2-1-6(3-8(7)13)12-9(14)4-16-5-10(12)15/h1-3,13H,4-5H2. The molecule has 0 unspecified atom stereocenters. The van der Waals surface area contributed by atoms with Crippen LogP contribution in [-0.2, 0) is 14.3 Å². The molecule has 0 bridgehead atoms. The smallest absolute Gasteiger partial charge is 0.259 e. The molecule has 1 aliphatic rings. The molecule has 0 spiro atoms. The maximum atomic E-state index is 11.5. The van der Waals surface area contributed by atoms with Crippen molar-refractivity contribution >= 4 is 29.1 Å². The van der Waals surface area contributed by atoms with Crippen LogP contribution in [0, 0.1) is 0 Å². The highest BCUT2D eigenvalue weighted by Gasteiger charge is 2.28. The van der Waals surface area contributed by atoms with E-state index in [0.717, 1.165) is 4.90 Å². The fourth-order valence-electron chi connectivity index (χ4n) is 1.42. The molecule has 5 nitrogen and oxygen atoms in total. The topological polar surface area (TPSA) is 66.8 Å². The van der Waals surface area contributed by atoms with E-state index in [1.54, 1.807) is 0 Å². The highest BCUT2D eigenvalue weighted by molar-refractivity contribution is 6.32. The minimum atomic E-state index is -0.460. The molecule has 84 valence electrons. The van der Waals surface area contributed by atoms with Gasteiger partial charge >= 0.3 is 0 Å². The van der Waals surface area contributed by atoms with Gasteiger partial charge in [-0.15, -0.1) is 0 Å². The molecule has 0 radical (unpaired) electrons. The minimum absolute atomic E-state index is 0.144. The van der Waals surface area contributed by atoms with Gasteiger partial charge in [-0.2, -0.15) is 0 Å². The molecule has 16 heavy (non-hydrogen) atoms. The molecule has 1 fully saturated rings. The molecule has 1 heterocycles. The van der Waals surface area contributed by atoms with Crippen LogP contribution in [0.4, 0.5) is 5.69 Å². The molecular weight excluding hydrogens is 234 g/mol. The first-order valence-electron chi connectivity index (χ1n) is 4.51. The predicted octanol–water partition coefficient (Wildman–Crippen LogP) is 0.935. The second-order valence-electron chi connectivity index (χ2n) is 3.25. The molecule has 6 heteroatoms. The van der Waals surface area contributed by atoms with Crippen LogP contribution in [0.15, 0.2) is 18.2 Å². The third-order valence-electron chi connectivity index (χ3n) is 2.14. The average Bonchev–Trinajstić information content (AvgIpc) is 2.23. The number of nitrogens with zero attached hydrogens (tertiary/aromatic N) is 1. The molecule has 1 N–H and O–H groups in total. The van der Waals surface area contributed by atoms with Gasteiger partial charge in [-0.1, -0.05) is 11.6 Å². The predicted molar refractivity (Wildman–Crippen MR) is 56.4 cm³/mol. The van der Waals surface area contributed by atoms with Gasteiger partial charge in [-0.05, 0) is 12.1 Å². The summed E-state index contributed by atoms with van der Waals surface area (Å²) < 4.78 is 4.77. The van der Waals surface area contributed by atoms with Crippen LogP contribution in [0.25, 0.3) is 0 Å². The first-order chi connectivity index (χ1) is 7.59. The van der Waals surface area contributed by atoms with Crippen LogP contribution in [0.5, 0.6) is 5.75 Å². The van der Waals surface area contributed by atoms with Crippen LogP contribution >= 0.6 is 11.6 Å². The lowest BCUT2D eigenvalue weighted by Gasteiger charge is -2.24. The van der Waals surface area contributed by atoms with Crippen molar-refractivity contribution in [2.24, 2.45) is 0 Å². The van der Waals surface area contributed by atoms with E-state index in [1.807, 2.05) is 0 Å². The van der Waals surface area contributed by atoms with Gasteiger partial charge in [0.1, 0.15) is 19.0 Å². The van der Waals surface area contributed by atoms with Crippen molar-refractivity contribution in [2.75, 3.05) is 18.1 Å². The normalized spacial score (nSPS) is 16.7. The number of rotatable bonds is 1. The number of anilines is 1. The first kappa shape index (κ1) is 10.9. The summed E-state index contributed by atoms with van der Waals surface area (Å²) in [4.78, 5) is 23.9. The summed E-state index contributed by atoms with van der Waals surface area (Å²) >= 11 is 5.63. The van der Waals surface area contributed by atoms with E-state index in [2.05, 4.69) is 0 Å². The third-order valence-corrected chi connectivity index (χ3v) is 2.46. The zero-order valence-corrected chi connectivity index (χ0v) is 8.90. The Balaban J connectivity index is 2.38. The van der Waals surface area contributed by atoms with Gasteiger partial charge in [0.05, 0.1) is 10.7 Å². The Bertz CT molecular complexity index is 444. The summed E-state index contributed by atoms with van der Waals surface area (Å²) in [5, 5.41) is 9.55. The molecule has 0 atom stereocenters. The van der Waals surface area contributed by atoms with Crippen LogP contribution in [-0.4, -0.2) is 30.1 Å². The van der Waals surface area contributed by atoms with Crippen LogP contribution in [0.1, 0.15) is 0 Å². The Kier molecular flexibility index (Phi) is 2.80. The number of phenolic OH excluding ortho intramolecular Hbond substituents is 1. The van der Waals surface area contributed by atoms with Gasteiger partial charge in [0.15, 0.2) is 0 Å². The van der Waals surface area contributed by atoms with Crippen molar-refractivity contribution in [3.05, 3.63) is 23.2 Å². The molecular formula is C10H8ClNO4. The van der Waals surface area contributed by atoms with E-state index in [4.69, 9.17) is 16.3 Å². The number of amides is 2. The Morgan fingerprint density at radius 2 is 1.88 bits per heavy atom. The number of aromatic hydroxyl groups is 1. The minimum Gasteiger partial charge on any atom is -0.506 e. The van der Waals surface area contributed by atoms with E-state index in [-0.39, 0.29) is 24.0 Å². The molecule has 1 aromatic rings. The highest BCUT2D eigenvalue weighted by Crippen LogP contribution is 2.29. The van der Waals surface area contributed by atoms with Crippen molar-refractivity contribution in [1.82, 2.24) is 0 Å². The van der Waals surface area contributed by atoms with Crippen molar-refractivity contribution in [1.29, 1.82) is 0 Å². The quantitative estimate of drug-likeness (QED) is 0.743. The van der Waals surface area contributed by atoms with Crippen LogP contribution in [0.2, 0.25) is 5.02 Å². The van der Waals surface area contributed by atoms with Crippen LogP contribution < -0.4 is 4.90 Å². The number of halogens is 1. The van der Waals surface area contributed by atoms with E-state index in [1.165, 1.54) is 18.2 Å². The fourth-order valence-corrected chi connectivity index (χ4v) is 1.54. The molecule has 0 aliphatic carbocycles. The van der Waals surface area contributed by atoms with E-state index in [9.17, 15) is 14.7 Å². The SMILES string of the molecule is O=C1COCC(=O)N1c1ccc(Cl)c(O)c1. The highest BCUT2D eigenvalue weighted by atomic mass is 35.5. The zero-order valence-electron chi connectivity index (χ0n) is 8.14. The number of benzene rings is 1. The largest absolute Gasteiger partial charge is 0.506 e. The fraction of sp³-hybridized carbons (Fsp3) is 0.200. The number of ether oxygens (including phenoxy) is 1. The summed E-state index contributed by atoms with van der Waals surface area (Å²) in [5.74, 6) is -1.10. The van der Waals surface area contributed by atoms with E-state index >= 15 is 0 Å². The number of hydrogen-bond donors (Lipinski definition) is 1. The second-order valence-corrected chi connectivity index (χ2v) is 3.66. The third kappa shape index (κ3) is 1.87. The van der Waals surface area contributed by atoms with Crippen molar-refractivity contribution in [2.45, 2.75) is 0 Å². The van der Waals surface area contributed by atoms with Gasteiger partial charge in [0.2, 0.25) is 0 Å². The molecule has 1 aliphatic heterocycles. The molecule has 0 saturated carbocycles. The maximum absolute atomic E-state index is 11.5. The Morgan fingerprint density at radius 1 is 1.25 bits per heavy atom. The molecule has 1 saturated heterocycles. The molecule has 2 amide bonds. The van der Waals surface area contributed by atoms with Gasteiger partial charge in [0.25, 0.3) is 11.8 Å². The number of carbonyl (C=O) groups is 2. The molecule has 0 aromatic heterocycles. The lowest BCUT2D eigenvalue weighted by molar-refractivity contribution is -0.138. The monoisotopic (exact) mass is 241 g/mol. The average molecular weight is 242 g/mol. The van der Waals surface area contributed by atoms with Crippen molar-refractivity contribution < 1.29 is 19.4 Å². The van der Waals surface area contributed by atoms with Crippen LogP contribution in [0.3, 0.4) is 0 Å². The molecule has 2 rings (SSSR count). The number of carbonyl (C=O) groups excluding carboxylic acids is 2. The second kappa shape index (κ2) is 4.11. The van der Waals surface area contributed by atoms with E-state index in [0.29, 0.717) is 5.69 Å². The lowest BCUT2D eigenvalue weighted by atomic mass is 10.2. The number of phenols is 1. The summed E-state index contributed by atoms with van der Waals surface area (Å²) in [6.45, 7) is -0.287. The first-order valence-corrected chi connectivity index (χ1v) is 4.89. The summed E-state index contributed by atoms with van der Waals surface area (Å²) in [7, 11) is 0. The Hall–Kier alpha value is -1.59. The van der Waals surface area contributed by atoms with Gasteiger partial charge in [-0.3, -0.25) is 9.59 Å². The number of morpholine rings is 1. The summed E-state index contributed by atoms with van der Waals surface area (Å²) in [6, 6.07) is 4.18.